The van der Waals surface area contributed by atoms with E-state index in [1.165, 1.54) is 10.4 Å². The Balaban J connectivity index is 1.31. The molecule has 31 heavy (non-hydrogen) atoms. The fraction of sp³-hybridized carbons (Fsp3) is 0.450. The Labute approximate surface area is 184 Å². The van der Waals surface area contributed by atoms with Gasteiger partial charge in [0, 0.05) is 25.7 Å². The molecule has 2 N–H and O–H groups in total. The number of aliphatic hydroxyl groups is 1. The van der Waals surface area contributed by atoms with Crippen LogP contribution in [0.25, 0.3) is 0 Å². The quantitative estimate of drug-likeness (QED) is 0.607. The van der Waals surface area contributed by atoms with Crippen LogP contribution in [0.15, 0.2) is 34.5 Å². The highest BCUT2D eigenvalue weighted by Crippen LogP contribution is 2.35. The van der Waals surface area contributed by atoms with Gasteiger partial charge in [-0.25, -0.2) is 8.42 Å². The number of rotatable bonds is 8. The first kappa shape index (κ1) is 21.9. The Morgan fingerprint density at radius 1 is 1.19 bits per heavy atom. The molecule has 1 aromatic heterocycles. The maximum absolute atomic E-state index is 12.9. The van der Waals surface area contributed by atoms with Crippen LogP contribution in [0.5, 0.6) is 17.2 Å². The van der Waals surface area contributed by atoms with Crippen LogP contribution in [0.1, 0.15) is 28.9 Å². The fourth-order valence-corrected chi connectivity index (χ4v) is 6.25. The minimum absolute atomic E-state index is 0.0167. The molecule has 0 radical (unpaired) electrons. The number of aliphatic hydroxyl groups excluding tert-OH is 1. The van der Waals surface area contributed by atoms with Crippen LogP contribution in [0.2, 0.25) is 0 Å². The van der Waals surface area contributed by atoms with Gasteiger partial charge in [-0.3, -0.25) is 4.79 Å². The van der Waals surface area contributed by atoms with Gasteiger partial charge in [0.2, 0.25) is 16.8 Å². The lowest BCUT2D eigenvalue weighted by Gasteiger charge is -2.25. The highest BCUT2D eigenvalue weighted by molar-refractivity contribution is 7.89. The van der Waals surface area contributed by atoms with Crippen molar-refractivity contribution in [1.82, 2.24) is 9.62 Å². The number of hydrogen-bond acceptors (Lipinski definition) is 8. The standard InChI is InChI=1S/C20H24N2O7S2/c23-14(12-27-15-4-5-16-17(10-15)29-13-28-16)11-21-20(24)19-18(6-9-30-19)31(25,26)22-7-2-1-3-8-22/h4-6,9-10,14,23H,1-3,7-8,11-13H2,(H,21,24). The van der Waals surface area contributed by atoms with Gasteiger partial charge in [0.05, 0.1) is 0 Å². The number of hydrogen-bond donors (Lipinski definition) is 2. The second-order valence-electron chi connectivity index (χ2n) is 7.27. The van der Waals surface area contributed by atoms with Crippen LogP contribution >= 0.6 is 11.3 Å². The number of sulfonamides is 1. The highest BCUT2D eigenvalue weighted by Gasteiger charge is 2.31. The van der Waals surface area contributed by atoms with Gasteiger partial charge in [-0.1, -0.05) is 6.42 Å². The second-order valence-corrected chi connectivity index (χ2v) is 10.1. The number of thiophene rings is 1. The van der Waals surface area contributed by atoms with Crippen molar-refractivity contribution in [3.63, 3.8) is 0 Å². The summed E-state index contributed by atoms with van der Waals surface area (Å²) in [5, 5.41) is 14.3. The molecule has 0 saturated carbocycles. The van der Waals surface area contributed by atoms with Gasteiger partial charge in [-0.2, -0.15) is 4.31 Å². The lowest BCUT2D eigenvalue weighted by Crippen LogP contribution is -2.38. The van der Waals surface area contributed by atoms with Gasteiger partial charge < -0.3 is 24.6 Å². The minimum Gasteiger partial charge on any atom is -0.491 e. The summed E-state index contributed by atoms with van der Waals surface area (Å²) in [4.78, 5) is 12.7. The van der Waals surface area contributed by atoms with Gasteiger partial charge in [0.1, 0.15) is 28.2 Å². The van der Waals surface area contributed by atoms with Gasteiger partial charge in [-0.15, -0.1) is 11.3 Å². The molecule has 0 aliphatic carbocycles. The summed E-state index contributed by atoms with van der Waals surface area (Å²) in [6.07, 6.45) is 1.67. The van der Waals surface area contributed by atoms with Crippen LogP contribution in [-0.4, -0.2) is 62.9 Å². The van der Waals surface area contributed by atoms with E-state index in [4.69, 9.17) is 14.2 Å². The fourth-order valence-electron chi connectivity index (χ4n) is 3.42. The van der Waals surface area contributed by atoms with Crippen LogP contribution in [0, 0.1) is 0 Å². The topological polar surface area (TPSA) is 114 Å². The van der Waals surface area contributed by atoms with Crippen molar-refractivity contribution in [3.05, 3.63) is 34.5 Å². The van der Waals surface area contributed by atoms with Crippen molar-refractivity contribution in [2.75, 3.05) is 33.0 Å². The van der Waals surface area contributed by atoms with Crippen LogP contribution < -0.4 is 19.5 Å². The van der Waals surface area contributed by atoms with E-state index < -0.39 is 22.0 Å². The van der Waals surface area contributed by atoms with E-state index in [2.05, 4.69) is 5.32 Å². The highest BCUT2D eigenvalue weighted by atomic mass is 32.2. The van der Waals surface area contributed by atoms with E-state index in [1.54, 1.807) is 23.6 Å². The van der Waals surface area contributed by atoms with Gasteiger partial charge in [0.25, 0.3) is 5.91 Å². The zero-order chi connectivity index (χ0) is 21.8. The number of fused-ring (bicyclic) bond motifs is 1. The number of benzene rings is 1. The largest absolute Gasteiger partial charge is 0.491 e. The first-order valence-corrected chi connectivity index (χ1v) is 12.3. The number of carbonyl (C=O) groups excluding carboxylic acids is 1. The number of ether oxygens (including phenoxy) is 3. The summed E-state index contributed by atoms with van der Waals surface area (Å²) >= 11 is 1.07. The number of nitrogens with zero attached hydrogens (tertiary/aromatic N) is 1. The summed E-state index contributed by atoms with van der Waals surface area (Å²) in [5.74, 6) is 1.17. The third-order valence-corrected chi connectivity index (χ3v) is 8.04. The molecule has 1 amide bonds. The van der Waals surface area contributed by atoms with Crippen LogP contribution in [0.4, 0.5) is 0 Å². The van der Waals surface area contributed by atoms with Gasteiger partial charge in [-0.05, 0) is 36.4 Å². The van der Waals surface area contributed by atoms with Crippen molar-refractivity contribution in [2.45, 2.75) is 30.3 Å². The average Bonchev–Trinajstić information content (AvgIpc) is 3.46. The molecule has 11 heteroatoms. The van der Waals surface area contributed by atoms with Crippen LogP contribution in [0.3, 0.4) is 0 Å². The first-order valence-electron chi connectivity index (χ1n) is 10.0. The lowest BCUT2D eigenvalue weighted by molar-refractivity contribution is 0.0844. The number of nitrogens with one attached hydrogen (secondary N) is 1. The van der Waals surface area contributed by atoms with Crippen molar-refractivity contribution >= 4 is 27.3 Å². The van der Waals surface area contributed by atoms with E-state index in [9.17, 15) is 18.3 Å². The predicted molar refractivity (Wildman–Crippen MR) is 113 cm³/mol. The van der Waals surface area contributed by atoms with Crippen molar-refractivity contribution < 1.29 is 32.5 Å². The molecule has 9 nitrogen and oxygen atoms in total. The van der Waals surface area contributed by atoms with Gasteiger partial charge in [0.15, 0.2) is 11.5 Å². The Bertz CT molecular complexity index is 1030. The molecule has 1 aromatic carbocycles. The molecule has 1 saturated heterocycles. The molecule has 168 valence electrons. The number of carbonyl (C=O) groups is 1. The van der Waals surface area contributed by atoms with Crippen LogP contribution in [-0.2, 0) is 10.0 Å². The SMILES string of the molecule is O=C(NCC(O)COc1ccc2c(c1)OCO2)c1sccc1S(=O)(=O)N1CCCCC1. The smallest absolute Gasteiger partial charge is 0.262 e. The molecule has 4 rings (SSSR count). The molecule has 1 unspecified atom stereocenters. The maximum atomic E-state index is 12.9. The van der Waals surface area contributed by atoms with Gasteiger partial charge >= 0.3 is 0 Å². The molecular weight excluding hydrogens is 444 g/mol. The van der Waals surface area contributed by atoms with E-state index in [0.717, 1.165) is 30.6 Å². The van der Waals surface area contributed by atoms with Crippen molar-refractivity contribution in [1.29, 1.82) is 0 Å². The van der Waals surface area contributed by atoms with Crippen molar-refractivity contribution in [2.24, 2.45) is 0 Å². The summed E-state index contributed by atoms with van der Waals surface area (Å²) in [6, 6.07) is 6.54. The van der Waals surface area contributed by atoms with E-state index >= 15 is 0 Å². The molecular formula is C20H24N2O7S2. The molecule has 0 bridgehead atoms. The maximum Gasteiger partial charge on any atom is 0.262 e. The minimum atomic E-state index is -3.71. The Hall–Kier alpha value is -2.34. The molecule has 2 aliphatic rings. The Morgan fingerprint density at radius 2 is 1.97 bits per heavy atom. The van der Waals surface area contributed by atoms with E-state index in [-0.39, 0.29) is 29.7 Å². The molecule has 0 spiro atoms. The first-order chi connectivity index (χ1) is 14.9. The Kier molecular flexibility index (Phi) is 6.65. The second kappa shape index (κ2) is 9.43. The summed E-state index contributed by atoms with van der Waals surface area (Å²) in [6.45, 7) is 0.962. The molecule has 2 aliphatic heterocycles. The molecule has 1 fully saturated rings. The average molecular weight is 469 g/mol. The third kappa shape index (κ3) is 4.95. The monoisotopic (exact) mass is 468 g/mol. The van der Waals surface area contributed by atoms with E-state index in [0.29, 0.717) is 30.3 Å². The summed E-state index contributed by atoms with van der Waals surface area (Å²) < 4.78 is 43.3. The summed E-state index contributed by atoms with van der Waals surface area (Å²) in [5.41, 5.74) is 0. The summed E-state index contributed by atoms with van der Waals surface area (Å²) in [7, 11) is -3.71. The molecule has 2 aromatic rings. The van der Waals surface area contributed by atoms with Crippen molar-refractivity contribution in [3.8, 4) is 17.2 Å². The third-order valence-electron chi connectivity index (χ3n) is 5.05. The normalized spacial score (nSPS) is 17.3. The molecule has 3 heterocycles. The molecule has 1 atom stereocenters. The predicted octanol–water partition coefficient (Wildman–Crippen LogP) is 1.82. The van der Waals surface area contributed by atoms with E-state index in [1.807, 2.05) is 0 Å². The number of amides is 1. The number of piperidine rings is 1. The zero-order valence-electron chi connectivity index (χ0n) is 16.8. The Morgan fingerprint density at radius 3 is 2.77 bits per heavy atom. The zero-order valence-corrected chi connectivity index (χ0v) is 18.4. The lowest BCUT2D eigenvalue weighted by atomic mass is 10.2.